The van der Waals surface area contributed by atoms with Crippen molar-refractivity contribution in [3.63, 3.8) is 0 Å². The van der Waals surface area contributed by atoms with E-state index in [1.807, 2.05) is 0 Å². The summed E-state index contributed by atoms with van der Waals surface area (Å²) in [6, 6.07) is 0. The molecule has 5 nitrogen and oxygen atoms in total. The molecule has 0 saturated heterocycles. The number of carbonyl (C=O) groups excluding carboxylic acids is 1. The lowest BCUT2D eigenvalue weighted by molar-refractivity contribution is -0.470. The van der Waals surface area contributed by atoms with Crippen LogP contribution in [0.3, 0.4) is 0 Å². The van der Waals surface area contributed by atoms with Gasteiger partial charge in [-0.05, 0) is 0 Å². The zero-order chi connectivity index (χ0) is 6.57. The van der Waals surface area contributed by atoms with Gasteiger partial charge < -0.3 is 4.74 Å². The van der Waals surface area contributed by atoms with Gasteiger partial charge in [0.05, 0.1) is 7.11 Å². The third-order valence-corrected chi connectivity index (χ3v) is 0.486. The second-order valence-electron chi connectivity index (χ2n) is 1.07. The van der Waals surface area contributed by atoms with Crippen LogP contribution in [0.25, 0.3) is 0 Å². The number of nitrogens with zero attached hydrogens (tertiary/aromatic N) is 1. The summed E-state index contributed by atoms with van der Waals surface area (Å²) >= 11 is 0. The van der Waals surface area contributed by atoms with Gasteiger partial charge in [0.2, 0.25) is 0 Å². The fourth-order valence-electron chi connectivity index (χ4n) is 0.170. The van der Waals surface area contributed by atoms with Crippen LogP contribution < -0.4 is 0 Å². The third kappa shape index (κ3) is 3.08. The maximum Gasteiger partial charge on any atom is 0.378 e. The van der Waals surface area contributed by atoms with E-state index in [2.05, 4.69) is 4.74 Å². The SMILES string of the molecule is CO[13C](=O)[13CH2][N+](=O)[O-]. The first-order valence-corrected chi connectivity index (χ1v) is 1.85. The first-order chi connectivity index (χ1) is 3.66. The number of hydrogen-bond donors (Lipinski definition) is 0. The Kier molecular flexibility index (Phi) is 2.53. The first kappa shape index (κ1) is 6.87. The number of ether oxygens (including phenoxy) is 1. The molecule has 0 aliphatic rings. The van der Waals surface area contributed by atoms with Crippen molar-refractivity contribution in [1.82, 2.24) is 0 Å². The van der Waals surface area contributed by atoms with E-state index in [-0.39, 0.29) is 0 Å². The molecule has 0 aliphatic heterocycles. The summed E-state index contributed by atoms with van der Waals surface area (Å²) in [6.45, 7) is -0.753. The average Bonchev–Trinajstić information content (AvgIpc) is 1.65. The van der Waals surface area contributed by atoms with Crippen molar-refractivity contribution < 1.29 is 14.5 Å². The smallest absolute Gasteiger partial charge is 0.378 e. The zero-order valence-electron chi connectivity index (χ0n) is 4.29. The van der Waals surface area contributed by atoms with Crippen molar-refractivity contribution in [3.05, 3.63) is 10.1 Å². The zero-order valence-corrected chi connectivity index (χ0v) is 4.29. The maximum absolute atomic E-state index is 9.96. The second-order valence-corrected chi connectivity index (χ2v) is 1.07. The van der Waals surface area contributed by atoms with E-state index in [1.54, 1.807) is 0 Å². The van der Waals surface area contributed by atoms with Gasteiger partial charge in [0.25, 0.3) is 6.54 Å². The molecule has 0 rings (SSSR count). The highest BCUT2D eigenvalue weighted by Gasteiger charge is 2.06. The molecule has 0 unspecified atom stereocenters. The number of rotatable bonds is 2. The van der Waals surface area contributed by atoms with Gasteiger partial charge in [-0.3, -0.25) is 10.1 Å². The molecule has 5 heteroatoms. The van der Waals surface area contributed by atoms with Crippen LogP contribution in [0, 0.1) is 10.1 Å². The Balaban J connectivity index is 3.40. The number of nitro groups is 1. The van der Waals surface area contributed by atoms with Gasteiger partial charge in [-0.15, -0.1) is 0 Å². The van der Waals surface area contributed by atoms with Gasteiger partial charge in [0.15, 0.2) is 0 Å². The van der Waals surface area contributed by atoms with Gasteiger partial charge in [0, 0.05) is 4.92 Å². The Bertz CT molecular complexity index is 110. The average molecular weight is 121 g/mol. The quantitative estimate of drug-likeness (QED) is 0.212. The Morgan fingerprint density at radius 2 is 2.38 bits per heavy atom. The highest BCUT2D eigenvalue weighted by molar-refractivity contribution is 5.70. The highest BCUT2D eigenvalue weighted by atomic mass is 16.7. The van der Waals surface area contributed by atoms with Crippen LogP contribution in [0.1, 0.15) is 0 Å². The number of methoxy groups -OCH3 is 1. The number of carbonyl (C=O) groups is 1. The molecule has 0 fully saturated rings. The second kappa shape index (κ2) is 2.95. The van der Waals surface area contributed by atoms with Gasteiger partial charge >= 0.3 is 5.97 Å². The van der Waals surface area contributed by atoms with E-state index in [0.29, 0.717) is 0 Å². The summed E-state index contributed by atoms with van der Waals surface area (Å²) < 4.78 is 3.98. The molecule has 0 aliphatic carbocycles. The van der Waals surface area contributed by atoms with Crippen molar-refractivity contribution in [1.29, 1.82) is 0 Å². The van der Waals surface area contributed by atoms with Gasteiger partial charge in [-0.1, -0.05) is 0 Å². The molecule has 0 bridgehead atoms. The molecular formula is C3H5NO4. The Morgan fingerprint density at radius 3 is 2.50 bits per heavy atom. The fraction of sp³-hybridized carbons (Fsp3) is 0.667. The van der Waals surface area contributed by atoms with Crippen molar-refractivity contribution >= 4 is 5.97 Å². The standard InChI is InChI=1S/C3H5NO4/c1-8-3(5)2-4(6)7/h2H2,1H3/i2+1,3+1. The largest absolute Gasteiger partial charge is 0.464 e. The lowest BCUT2D eigenvalue weighted by atomic mass is 11.5. The molecule has 0 spiro atoms. The van der Waals surface area contributed by atoms with Crippen LogP contribution in [-0.2, 0) is 9.53 Å². The Morgan fingerprint density at radius 1 is 1.88 bits per heavy atom. The lowest BCUT2D eigenvalue weighted by Crippen LogP contribution is -2.14. The molecule has 0 heterocycles. The van der Waals surface area contributed by atoms with E-state index in [4.69, 9.17) is 0 Å². The van der Waals surface area contributed by atoms with Gasteiger partial charge in [-0.2, -0.15) is 0 Å². The summed E-state index contributed by atoms with van der Waals surface area (Å²) in [5.41, 5.74) is 0. The molecule has 0 aromatic carbocycles. The van der Waals surface area contributed by atoms with Crippen LogP contribution in [0.4, 0.5) is 0 Å². The van der Waals surface area contributed by atoms with Crippen LogP contribution in [-0.4, -0.2) is 24.5 Å². The van der Waals surface area contributed by atoms with Crippen LogP contribution >= 0.6 is 0 Å². The van der Waals surface area contributed by atoms with E-state index < -0.39 is 17.4 Å². The van der Waals surface area contributed by atoms with Gasteiger partial charge in [-0.25, -0.2) is 4.79 Å². The summed E-state index contributed by atoms with van der Waals surface area (Å²) in [4.78, 5) is 18.7. The molecular weight excluding hydrogens is 116 g/mol. The molecule has 0 saturated carbocycles. The molecule has 0 aromatic rings. The van der Waals surface area contributed by atoms with Crippen molar-refractivity contribution in [2.45, 2.75) is 0 Å². The minimum atomic E-state index is -0.824. The molecule has 0 N–H and O–H groups in total. The van der Waals surface area contributed by atoms with Crippen molar-refractivity contribution in [3.8, 4) is 0 Å². The Labute approximate surface area is 45.4 Å². The highest BCUT2D eigenvalue weighted by Crippen LogP contribution is 1.72. The first-order valence-electron chi connectivity index (χ1n) is 1.85. The van der Waals surface area contributed by atoms with Crippen molar-refractivity contribution in [2.24, 2.45) is 0 Å². The van der Waals surface area contributed by atoms with E-state index >= 15 is 0 Å². The maximum atomic E-state index is 9.96. The van der Waals surface area contributed by atoms with E-state index in [0.717, 1.165) is 7.11 Å². The predicted molar refractivity (Wildman–Crippen MR) is 23.9 cm³/mol. The topological polar surface area (TPSA) is 69.4 Å². The number of hydrogen-bond acceptors (Lipinski definition) is 4. The summed E-state index contributed by atoms with van der Waals surface area (Å²) in [5.74, 6) is -0.824. The van der Waals surface area contributed by atoms with Crippen LogP contribution in [0.5, 0.6) is 0 Å². The molecule has 46 valence electrons. The monoisotopic (exact) mass is 121 g/mol. The third-order valence-electron chi connectivity index (χ3n) is 0.486. The number of esters is 1. The van der Waals surface area contributed by atoms with E-state index in [9.17, 15) is 14.9 Å². The molecule has 8 heavy (non-hydrogen) atoms. The van der Waals surface area contributed by atoms with E-state index in [1.165, 1.54) is 0 Å². The minimum Gasteiger partial charge on any atom is -0.464 e. The van der Waals surface area contributed by atoms with Crippen LogP contribution in [0.15, 0.2) is 0 Å². The normalized spacial score (nSPS) is 8.12. The summed E-state index contributed by atoms with van der Waals surface area (Å²) in [7, 11) is 1.10. The summed E-state index contributed by atoms with van der Waals surface area (Å²) in [6.07, 6.45) is 0. The van der Waals surface area contributed by atoms with Crippen molar-refractivity contribution in [2.75, 3.05) is 13.7 Å². The molecule has 0 radical (unpaired) electrons. The summed E-state index contributed by atoms with van der Waals surface area (Å²) in [5, 5.41) is 9.47. The fourth-order valence-corrected chi connectivity index (χ4v) is 0.170. The van der Waals surface area contributed by atoms with Gasteiger partial charge in [0.1, 0.15) is 0 Å². The molecule has 0 atom stereocenters. The Hall–Kier alpha value is -1.13. The molecule has 0 aromatic heterocycles. The predicted octanol–water partition coefficient (Wildman–Crippen LogP) is -0.564. The van der Waals surface area contributed by atoms with Crippen LogP contribution in [0.2, 0.25) is 0 Å². The lowest BCUT2D eigenvalue weighted by Gasteiger charge is -1.88. The molecule has 0 amide bonds. The minimum absolute atomic E-state index is 0.744.